The third kappa shape index (κ3) is 33.2. The second kappa shape index (κ2) is 41.3. The molecule has 12 nitrogen and oxygen atoms in total. The molecular formula is C50H97O12P. The van der Waals surface area contributed by atoms with E-state index in [0.29, 0.717) is 13.0 Å². The fourth-order valence-electron chi connectivity index (χ4n) is 8.23. The predicted octanol–water partition coefficient (Wildman–Crippen LogP) is 11.5. The Morgan fingerprint density at radius 2 is 0.841 bits per heavy atom. The molecule has 0 amide bonds. The highest BCUT2D eigenvalue weighted by molar-refractivity contribution is 7.47. The minimum atomic E-state index is -5.02. The van der Waals surface area contributed by atoms with Gasteiger partial charge in [-0.1, -0.05) is 206 Å². The number of unbranched alkanes of at least 4 members (excludes halogenated alkanes) is 31. The summed E-state index contributed by atoms with van der Waals surface area (Å²) in [6.45, 7) is 4.29. The number of carbonyl (C=O) groups excluding carboxylic acids is 1. The van der Waals surface area contributed by atoms with Gasteiger partial charge in [0.1, 0.15) is 42.7 Å². The second-order valence-electron chi connectivity index (χ2n) is 18.4. The Hall–Kier alpha value is -0.920. The number of esters is 1. The van der Waals surface area contributed by atoms with E-state index in [2.05, 4.69) is 26.0 Å². The van der Waals surface area contributed by atoms with E-state index in [-0.39, 0.29) is 13.0 Å². The van der Waals surface area contributed by atoms with Crippen LogP contribution in [0.25, 0.3) is 0 Å². The first-order valence-corrected chi connectivity index (χ1v) is 27.5. The Morgan fingerprint density at radius 1 is 0.492 bits per heavy atom. The predicted molar refractivity (Wildman–Crippen MR) is 253 cm³/mol. The largest absolute Gasteiger partial charge is 0.472 e. The van der Waals surface area contributed by atoms with E-state index in [4.69, 9.17) is 18.5 Å². The van der Waals surface area contributed by atoms with Gasteiger partial charge >= 0.3 is 13.8 Å². The van der Waals surface area contributed by atoms with Crippen molar-refractivity contribution < 1.29 is 58.3 Å². The molecule has 1 rings (SSSR count). The van der Waals surface area contributed by atoms with Crippen LogP contribution >= 0.6 is 7.82 Å². The van der Waals surface area contributed by atoms with Crippen LogP contribution in [0.2, 0.25) is 0 Å². The fourth-order valence-corrected chi connectivity index (χ4v) is 9.21. The van der Waals surface area contributed by atoms with Crippen LogP contribution in [0.1, 0.15) is 239 Å². The van der Waals surface area contributed by atoms with Gasteiger partial charge in [-0.25, -0.2) is 4.57 Å². The van der Waals surface area contributed by atoms with E-state index in [1.54, 1.807) is 0 Å². The van der Waals surface area contributed by atoms with Crippen molar-refractivity contribution in [2.75, 3.05) is 19.8 Å². The van der Waals surface area contributed by atoms with Crippen LogP contribution in [0.4, 0.5) is 0 Å². The molecule has 63 heavy (non-hydrogen) atoms. The normalized spacial score (nSPS) is 21.8. The molecule has 6 unspecified atom stereocenters. The molecule has 13 heteroatoms. The smallest absolute Gasteiger partial charge is 0.457 e. The maximum atomic E-state index is 12.8. The molecule has 1 aliphatic rings. The molecule has 0 radical (unpaired) electrons. The van der Waals surface area contributed by atoms with Gasteiger partial charge in [0, 0.05) is 13.0 Å². The summed E-state index contributed by atoms with van der Waals surface area (Å²) in [6, 6.07) is 0. The van der Waals surface area contributed by atoms with Crippen molar-refractivity contribution in [3.05, 3.63) is 12.2 Å². The highest BCUT2D eigenvalue weighted by Gasteiger charge is 2.51. The average molecular weight is 921 g/mol. The molecule has 0 aromatic carbocycles. The minimum Gasteiger partial charge on any atom is -0.457 e. The molecule has 0 aliphatic heterocycles. The maximum absolute atomic E-state index is 12.8. The van der Waals surface area contributed by atoms with Crippen LogP contribution in [0.5, 0.6) is 0 Å². The van der Waals surface area contributed by atoms with E-state index >= 15 is 0 Å². The van der Waals surface area contributed by atoms with Crippen molar-refractivity contribution in [2.45, 2.75) is 281 Å². The summed E-state index contributed by atoms with van der Waals surface area (Å²) in [5.41, 5.74) is 0. The van der Waals surface area contributed by atoms with Crippen molar-refractivity contribution in [2.24, 2.45) is 0 Å². The Labute approximate surface area is 384 Å². The summed E-state index contributed by atoms with van der Waals surface area (Å²) < 4.78 is 34.3. The van der Waals surface area contributed by atoms with Gasteiger partial charge in [0.25, 0.3) is 0 Å². The van der Waals surface area contributed by atoms with Gasteiger partial charge in [-0.15, -0.1) is 0 Å². The third-order valence-electron chi connectivity index (χ3n) is 12.4. The topological polar surface area (TPSA) is 192 Å². The number of ether oxygens (including phenoxy) is 2. The Balaban J connectivity index is 2.31. The number of aliphatic hydroxyl groups excluding tert-OH is 5. The molecule has 0 saturated heterocycles. The number of phosphoric acid groups is 1. The van der Waals surface area contributed by atoms with Crippen molar-refractivity contribution >= 4 is 13.8 Å². The van der Waals surface area contributed by atoms with Gasteiger partial charge in [0.2, 0.25) is 0 Å². The van der Waals surface area contributed by atoms with Crippen molar-refractivity contribution in [3.8, 4) is 0 Å². The quantitative estimate of drug-likeness (QED) is 0.0147. The highest BCUT2D eigenvalue weighted by Crippen LogP contribution is 2.47. The van der Waals surface area contributed by atoms with Gasteiger partial charge < -0.3 is 39.9 Å². The zero-order chi connectivity index (χ0) is 46.2. The lowest BCUT2D eigenvalue weighted by Crippen LogP contribution is -2.64. The zero-order valence-electron chi connectivity index (χ0n) is 40.1. The van der Waals surface area contributed by atoms with Crippen molar-refractivity contribution in [1.82, 2.24) is 0 Å². The third-order valence-corrected chi connectivity index (χ3v) is 13.4. The van der Waals surface area contributed by atoms with E-state index in [0.717, 1.165) is 57.8 Å². The van der Waals surface area contributed by atoms with Crippen LogP contribution in [-0.4, -0.2) is 98.9 Å². The molecule has 374 valence electrons. The van der Waals surface area contributed by atoms with Crippen LogP contribution in [0.3, 0.4) is 0 Å². The molecule has 1 fully saturated rings. The zero-order valence-corrected chi connectivity index (χ0v) is 41.0. The van der Waals surface area contributed by atoms with Crippen LogP contribution < -0.4 is 0 Å². The van der Waals surface area contributed by atoms with Gasteiger partial charge in [0.15, 0.2) is 0 Å². The lowest BCUT2D eigenvalue weighted by atomic mass is 9.85. The Morgan fingerprint density at radius 3 is 1.25 bits per heavy atom. The van der Waals surface area contributed by atoms with Crippen molar-refractivity contribution in [1.29, 1.82) is 0 Å². The Bertz CT molecular complexity index is 1100. The average Bonchev–Trinajstić information content (AvgIpc) is 3.27. The first-order chi connectivity index (χ1) is 30.5. The minimum absolute atomic E-state index is 0.0738. The van der Waals surface area contributed by atoms with Gasteiger partial charge in [-0.05, 0) is 38.5 Å². The number of hydrogen-bond donors (Lipinski definition) is 6. The van der Waals surface area contributed by atoms with E-state index in [1.807, 2.05) is 0 Å². The summed E-state index contributed by atoms with van der Waals surface area (Å²) in [7, 11) is -5.02. The highest BCUT2D eigenvalue weighted by atomic mass is 31.2. The first-order valence-electron chi connectivity index (χ1n) is 26.0. The molecule has 6 atom stereocenters. The SMILES string of the molecule is CCCCCCCC/C=C\CCCCCCCC(=O)OC(COCCCCCCCCCCCCCCCCCCCCCCC)COP(=O)(O)OC1C(O)C(O)C(O)C(O)C1O. The summed E-state index contributed by atoms with van der Waals surface area (Å²) >= 11 is 0. The van der Waals surface area contributed by atoms with E-state index in [9.17, 15) is 39.8 Å². The fraction of sp³-hybridized carbons (Fsp3) is 0.940. The molecule has 0 aromatic heterocycles. The lowest BCUT2D eigenvalue weighted by molar-refractivity contribution is -0.220. The van der Waals surface area contributed by atoms with Crippen LogP contribution in [0, 0.1) is 0 Å². The van der Waals surface area contributed by atoms with Gasteiger partial charge in [0.05, 0.1) is 13.2 Å². The first kappa shape index (κ1) is 60.1. The summed E-state index contributed by atoms with van der Waals surface area (Å²) in [5.74, 6) is -0.481. The van der Waals surface area contributed by atoms with Crippen LogP contribution in [-0.2, 0) is 27.9 Å². The number of phosphoric ester groups is 1. The number of aliphatic hydroxyl groups is 5. The molecule has 0 aromatic rings. The summed E-state index contributed by atoms with van der Waals surface area (Å²) in [4.78, 5) is 23.2. The standard InChI is InChI=1S/C50H97O12P/c1-3-5-7-9-11-13-15-17-19-20-21-22-23-24-26-28-30-32-34-36-38-40-59-41-43(42-60-63(57,58)62-50-48(55)46(53)45(52)47(54)49(50)56)61-44(51)39-37-35-33-31-29-27-25-18-16-14-12-10-8-6-4-2/h18,25,43,45-50,52-56H,3-17,19-24,26-42H2,1-2H3,(H,57,58)/b25-18-. The molecule has 6 N–H and O–H groups in total. The van der Waals surface area contributed by atoms with E-state index in [1.165, 1.54) is 154 Å². The second-order valence-corrected chi connectivity index (χ2v) is 19.8. The molecule has 0 spiro atoms. The molecular weight excluding hydrogens is 824 g/mol. The lowest BCUT2D eigenvalue weighted by Gasteiger charge is -2.41. The molecule has 0 bridgehead atoms. The monoisotopic (exact) mass is 921 g/mol. The number of allylic oxidation sites excluding steroid dienone is 2. The number of rotatable bonds is 45. The Kier molecular flexibility index (Phi) is 39.4. The number of carbonyl (C=O) groups is 1. The van der Waals surface area contributed by atoms with Crippen LogP contribution in [0.15, 0.2) is 12.2 Å². The van der Waals surface area contributed by atoms with Gasteiger partial charge in [-0.3, -0.25) is 13.8 Å². The number of hydrogen-bond acceptors (Lipinski definition) is 11. The van der Waals surface area contributed by atoms with E-state index < -0.39 is 63.1 Å². The maximum Gasteiger partial charge on any atom is 0.472 e. The molecule has 0 heterocycles. The molecule has 1 aliphatic carbocycles. The summed E-state index contributed by atoms with van der Waals surface area (Å²) in [5, 5.41) is 50.3. The van der Waals surface area contributed by atoms with Crippen molar-refractivity contribution in [3.63, 3.8) is 0 Å². The summed E-state index contributed by atoms with van der Waals surface area (Å²) in [6.07, 6.45) is 34.2. The molecule has 1 saturated carbocycles. The van der Waals surface area contributed by atoms with Gasteiger partial charge in [-0.2, -0.15) is 0 Å².